The zero-order chi connectivity index (χ0) is 25.1. The SMILES string of the molecule is CCN(CC)c1ccc2cc(-c3nnc(Nc4ccc(Oc5ccc(Cl)cc5)cc4)s3)c(=O)oc2c1. The van der Waals surface area contributed by atoms with Gasteiger partial charge >= 0.3 is 5.63 Å². The second-order valence-electron chi connectivity index (χ2n) is 7.96. The van der Waals surface area contributed by atoms with Crippen LogP contribution in [0.25, 0.3) is 21.5 Å². The molecule has 0 atom stereocenters. The minimum absolute atomic E-state index is 0.385. The van der Waals surface area contributed by atoms with Gasteiger partial charge in [0.05, 0.1) is 5.56 Å². The van der Waals surface area contributed by atoms with Crippen molar-refractivity contribution >= 4 is 50.4 Å². The molecule has 0 saturated heterocycles. The first kappa shape index (κ1) is 23.8. The highest BCUT2D eigenvalue weighted by molar-refractivity contribution is 7.18. The van der Waals surface area contributed by atoms with Gasteiger partial charge in [0.25, 0.3) is 0 Å². The van der Waals surface area contributed by atoms with E-state index >= 15 is 0 Å². The van der Waals surface area contributed by atoms with Gasteiger partial charge in [0.2, 0.25) is 5.13 Å². The number of aromatic nitrogens is 2. The molecule has 2 aromatic heterocycles. The van der Waals surface area contributed by atoms with E-state index in [1.807, 2.05) is 54.6 Å². The van der Waals surface area contributed by atoms with Crippen molar-refractivity contribution in [2.75, 3.05) is 23.3 Å². The van der Waals surface area contributed by atoms with Crippen molar-refractivity contribution in [2.24, 2.45) is 0 Å². The van der Waals surface area contributed by atoms with E-state index in [2.05, 4.69) is 34.3 Å². The maximum Gasteiger partial charge on any atom is 0.346 e. The molecule has 0 saturated carbocycles. The Morgan fingerprint density at radius 1 is 0.944 bits per heavy atom. The van der Waals surface area contributed by atoms with Crippen molar-refractivity contribution in [1.82, 2.24) is 10.2 Å². The number of rotatable bonds is 8. The quantitative estimate of drug-likeness (QED) is 0.215. The van der Waals surface area contributed by atoms with E-state index in [0.717, 1.165) is 29.9 Å². The van der Waals surface area contributed by atoms with Gasteiger partial charge in [0.15, 0.2) is 5.01 Å². The number of ether oxygens (including phenoxy) is 1. The molecule has 7 nitrogen and oxygen atoms in total. The molecule has 0 unspecified atom stereocenters. The molecule has 1 N–H and O–H groups in total. The fourth-order valence-corrected chi connectivity index (χ4v) is 4.68. The van der Waals surface area contributed by atoms with Crippen molar-refractivity contribution in [3.05, 3.63) is 88.2 Å². The maximum atomic E-state index is 12.7. The molecule has 0 aliphatic heterocycles. The molecular formula is C27H23ClN4O3S. The monoisotopic (exact) mass is 518 g/mol. The summed E-state index contributed by atoms with van der Waals surface area (Å²) in [4.78, 5) is 14.9. The first-order valence-electron chi connectivity index (χ1n) is 11.5. The lowest BCUT2D eigenvalue weighted by Gasteiger charge is -2.20. The molecular weight excluding hydrogens is 496 g/mol. The van der Waals surface area contributed by atoms with Crippen LogP contribution in [0.15, 0.2) is 82.0 Å². The van der Waals surface area contributed by atoms with E-state index in [4.69, 9.17) is 20.8 Å². The van der Waals surface area contributed by atoms with Gasteiger partial charge in [-0.25, -0.2) is 4.79 Å². The van der Waals surface area contributed by atoms with Gasteiger partial charge in [-0.05, 0) is 80.6 Å². The van der Waals surface area contributed by atoms with Gasteiger partial charge in [-0.2, -0.15) is 0 Å². The largest absolute Gasteiger partial charge is 0.457 e. The third kappa shape index (κ3) is 5.19. The summed E-state index contributed by atoms with van der Waals surface area (Å²) in [5, 5.41) is 14.2. The molecule has 0 amide bonds. The lowest BCUT2D eigenvalue weighted by molar-refractivity contribution is 0.483. The minimum Gasteiger partial charge on any atom is -0.457 e. The zero-order valence-corrected chi connectivity index (χ0v) is 21.3. The molecule has 0 aliphatic rings. The molecule has 0 fully saturated rings. The van der Waals surface area contributed by atoms with Crippen LogP contribution in [0.5, 0.6) is 11.5 Å². The number of halogens is 1. The summed E-state index contributed by atoms with van der Waals surface area (Å²) in [6.45, 7) is 5.95. The van der Waals surface area contributed by atoms with Gasteiger partial charge < -0.3 is 19.4 Å². The Morgan fingerprint density at radius 2 is 1.64 bits per heavy atom. The summed E-state index contributed by atoms with van der Waals surface area (Å²) in [6.07, 6.45) is 0. The second kappa shape index (κ2) is 10.4. The third-order valence-electron chi connectivity index (χ3n) is 5.66. The van der Waals surface area contributed by atoms with Crippen LogP contribution in [-0.4, -0.2) is 23.3 Å². The number of nitrogens with one attached hydrogen (secondary N) is 1. The topological polar surface area (TPSA) is 80.5 Å². The fraction of sp³-hybridized carbons (Fsp3) is 0.148. The van der Waals surface area contributed by atoms with Gasteiger partial charge in [0.1, 0.15) is 17.1 Å². The molecule has 5 aromatic rings. The van der Waals surface area contributed by atoms with Crippen LogP contribution in [0, 0.1) is 0 Å². The van der Waals surface area contributed by atoms with Crippen molar-refractivity contribution in [3.63, 3.8) is 0 Å². The Bertz CT molecular complexity index is 1540. The van der Waals surface area contributed by atoms with Crippen LogP contribution in [0.4, 0.5) is 16.5 Å². The van der Waals surface area contributed by atoms with Gasteiger partial charge in [-0.1, -0.05) is 22.9 Å². The van der Waals surface area contributed by atoms with E-state index < -0.39 is 5.63 Å². The smallest absolute Gasteiger partial charge is 0.346 e. The van der Waals surface area contributed by atoms with Crippen molar-refractivity contribution in [2.45, 2.75) is 13.8 Å². The highest BCUT2D eigenvalue weighted by Gasteiger charge is 2.14. The average molecular weight is 519 g/mol. The van der Waals surface area contributed by atoms with Crippen LogP contribution in [0.2, 0.25) is 5.02 Å². The fourth-order valence-electron chi connectivity index (χ4n) is 3.79. The molecule has 0 spiro atoms. The Hall–Kier alpha value is -3.88. The zero-order valence-electron chi connectivity index (χ0n) is 19.7. The molecule has 2 heterocycles. The average Bonchev–Trinajstić information content (AvgIpc) is 3.35. The molecule has 0 bridgehead atoms. The Balaban J connectivity index is 1.32. The van der Waals surface area contributed by atoms with E-state index in [0.29, 0.717) is 37.8 Å². The summed E-state index contributed by atoms with van der Waals surface area (Å²) >= 11 is 7.20. The van der Waals surface area contributed by atoms with E-state index in [1.165, 1.54) is 11.3 Å². The van der Waals surface area contributed by atoms with E-state index in [9.17, 15) is 4.79 Å². The summed E-state index contributed by atoms with van der Waals surface area (Å²) in [6, 6.07) is 22.3. The minimum atomic E-state index is -0.439. The molecule has 0 radical (unpaired) electrons. The van der Waals surface area contributed by atoms with Crippen molar-refractivity contribution in [1.29, 1.82) is 0 Å². The van der Waals surface area contributed by atoms with Crippen molar-refractivity contribution < 1.29 is 9.15 Å². The van der Waals surface area contributed by atoms with Crippen molar-refractivity contribution in [3.8, 4) is 22.1 Å². The number of hydrogen-bond acceptors (Lipinski definition) is 8. The second-order valence-corrected chi connectivity index (χ2v) is 9.37. The molecule has 0 aliphatic carbocycles. The molecule has 182 valence electrons. The normalized spacial score (nSPS) is 11.0. The molecule has 9 heteroatoms. The lowest BCUT2D eigenvalue weighted by atomic mass is 10.1. The number of anilines is 3. The maximum absolute atomic E-state index is 12.7. The number of nitrogens with zero attached hydrogens (tertiary/aromatic N) is 3. The highest BCUT2D eigenvalue weighted by Crippen LogP contribution is 2.31. The predicted octanol–water partition coefficient (Wildman–Crippen LogP) is 7.35. The Kier molecular flexibility index (Phi) is 6.88. The van der Waals surface area contributed by atoms with Crippen LogP contribution in [0.1, 0.15) is 13.8 Å². The number of fused-ring (bicyclic) bond motifs is 1. The van der Waals surface area contributed by atoms with Crippen LogP contribution in [0.3, 0.4) is 0 Å². The summed E-state index contributed by atoms with van der Waals surface area (Å²) in [7, 11) is 0. The van der Waals surface area contributed by atoms with E-state index in [-0.39, 0.29) is 0 Å². The van der Waals surface area contributed by atoms with Crippen LogP contribution >= 0.6 is 22.9 Å². The first-order chi connectivity index (χ1) is 17.5. The third-order valence-corrected chi connectivity index (χ3v) is 6.78. The Labute approximate surface area is 216 Å². The first-order valence-corrected chi connectivity index (χ1v) is 12.7. The van der Waals surface area contributed by atoms with Gasteiger partial charge in [-0.15, -0.1) is 10.2 Å². The summed E-state index contributed by atoms with van der Waals surface area (Å²) < 4.78 is 11.5. The Morgan fingerprint density at radius 3 is 2.33 bits per heavy atom. The highest BCUT2D eigenvalue weighted by atomic mass is 35.5. The van der Waals surface area contributed by atoms with Crippen LogP contribution in [-0.2, 0) is 0 Å². The molecule has 5 rings (SSSR count). The summed E-state index contributed by atoms with van der Waals surface area (Å²) in [5.74, 6) is 1.39. The summed E-state index contributed by atoms with van der Waals surface area (Å²) in [5.41, 5.74) is 2.34. The predicted molar refractivity (Wildman–Crippen MR) is 146 cm³/mol. The van der Waals surface area contributed by atoms with Gasteiger partial charge in [-0.3, -0.25) is 0 Å². The number of benzene rings is 3. The van der Waals surface area contributed by atoms with Crippen LogP contribution < -0.4 is 20.6 Å². The molecule has 36 heavy (non-hydrogen) atoms. The molecule has 3 aromatic carbocycles. The van der Waals surface area contributed by atoms with E-state index in [1.54, 1.807) is 18.2 Å². The number of hydrogen-bond donors (Lipinski definition) is 1. The standard InChI is InChI=1S/C27H23ClN4O3S/c1-3-32(4-2)20-10-5-17-15-23(26(33)35-24(17)16-20)25-30-31-27(36-25)29-19-8-13-22(14-9-19)34-21-11-6-18(28)7-12-21/h5-16H,3-4H2,1-2H3,(H,29,31). The lowest BCUT2D eigenvalue weighted by Crippen LogP contribution is -2.21. The van der Waals surface area contributed by atoms with Gasteiger partial charge in [0, 0.05) is 40.9 Å².